The highest BCUT2D eigenvalue weighted by Gasteiger charge is 2.37. The van der Waals surface area contributed by atoms with Gasteiger partial charge >= 0.3 is 0 Å². The molecule has 3 N–H and O–H groups in total. The zero-order valence-corrected chi connectivity index (χ0v) is 59.1. The van der Waals surface area contributed by atoms with Gasteiger partial charge in [0.25, 0.3) is 17.7 Å². The number of amides is 3. The minimum atomic E-state index is -0.0951. The summed E-state index contributed by atoms with van der Waals surface area (Å²) >= 11 is 0. The molecule has 6 aliphatic heterocycles. The van der Waals surface area contributed by atoms with Crippen LogP contribution in [0.4, 0.5) is 17.5 Å². The first kappa shape index (κ1) is 65.9. The number of fused-ring (bicyclic) bond motifs is 5. The van der Waals surface area contributed by atoms with E-state index >= 15 is 0 Å². The van der Waals surface area contributed by atoms with Crippen molar-refractivity contribution in [3.63, 3.8) is 0 Å². The summed E-state index contributed by atoms with van der Waals surface area (Å²) in [5.41, 5.74) is 19.1. The number of nitrogens with two attached hydrogens (primary N) is 1. The van der Waals surface area contributed by atoms with Crippen molar-refractivity contribution in [2.75, 3.05) is 73.6 Å². The van der Waals surface area contributed by atoms with Crippen LogP contribution in [0.25, 0.3) is 45.1 Å². The number of carbonyl (C=O) groups excluding carboxylic acids is 3. The molecule has 0 saturated carbocycles. The van der Waals surface area contributed by atoms with E-state index in [4.69, 9.17) is 40.4 Å². The number of likely N-dealkylation sites (tertiary alicyclic amines) is 3. The Morgan fingerprint density at radius 3 is 1.59 bits per heavy atom. The molecule has 6 atom stereocenters. The topological polar surface area (TPSA) is 290 Å². The second-order valence-electron chi connectivity index (χ2n) is 29.0. The van der Waals surface area contributed by atoms with Gasteiger partial charge in [-0.15, -0.1) is 15.3 Å². The zero-order valence-electron chi connectivity index (χ0n) is 59.1. The molecular formula is C74H88N24O4. The van der Waals surface area contributed by atoms with Crippen molar-refractivity contribution in [1.82, 2.24) is 98.3 Å². The lowest BCUT2D eigenvalue weighted by molar-refractivity contribution is 0.0594. The number of hydrogen-bond donors (Lipinski definition) is 2. The quantitative estimate of drug-likeness (QED) is 0.129. The SMILES string of the molecule is Cc1cn2nc([C@@H]3CCCCN3C(=O)c3cc(-c4ccco4)[nH]n3)cc2nc1N1CC[C@H](C)C1.Cc1cn2nc([C@@H]3CCCCN3C(=O)c3ccc4c(c3)nnn4C)cc2nc1N1CC[C@H](N)C1.Cc1cn2nc([C@@H]3CCCCN3C(=O)c3cccn4c(C)nnc34)cc2nc1N1CC[C@H](C)C1. The third-order valence-corrected chi connectivity index (χ3v) is 21.4. The molecule has 102 heavy (non-hydrogen) atoms. The molecule has 6 fully saturated rings. The van der Waals surface area contributed by atoms with E-state index in [2.05, 4.69) is 98.5 Å². The van der Waals surface area contributed by atoms with E-state index in [0.29, 0.717) is 65.4 Å². The van der Waals surface area contributed by atoms with Gasteiger partial charge in [0.1, 0.15) is 34.5 Å². The maximum Gasteiger partial charge on any atom is 0.274 e. The third-order valence-electron chi connectivity index (χ3n) is 21.4. The maximum atomic E-state index is 13.7. The van der Waals surface area contributed by atoms with Gasteiger partial charge in [-0.2, -0.15) is 20.4 Å². The Morgan fingerprint density at radius 2 is 1.08 bits per heavy atom. The van der Waals surface area contributed by atoms with Crippen LogP contribution in [0.1, 0.15) is 180 Å². The average Bonchev–Trinajstić information content (AvgIpc) is 1.78. The Hall–Kier alpha value is -10.6. The monoisotopic (exact) mass is 1380 g/mol. The molecule has 0 radical (unpaired) electrons. The van der Waals surface area contributed by atoms with Gasteiger partial charge in [-0.05, 0) is 159 Å². The lowest BCUT2D eigenvalue weighted by Crippen LogP contribution is -2.39. The molecule has 1 aromatic carbocycles. The van der Waals surface area contributed by atoms with E-state index in [1.54, 1.807) is 17.0 Å². The van der Waals surface area contributed by atoms with Gasteiger partial charge in [0, 0.05) is 143 Å². The Morgan fingerprint density at radius 1 is 0.549 bits per heavy atom. The number of piperidine rings is 3. The van der Waals surface area contributed by atoms with E-state index < -0.39 is 0 Å². The summed E-state index contributed by atoms with van der Waals surface area (Å²) in [7, 11) is 1.85. The summed E-state index contributed by atoms with van der Waals surface area (Å²) in [6.45, 7) is 20.7. The fraction of sp³-hybridized carbons (Fsp3) is 0.459. The fourth-order valence-corrected chi connectivity index (χ4v) is 16.0. The number of H-pyrrole nitrogens is 1. The van der Waals surface area contributed by atoms with Crippen molar-refractivity contribution in [2.24, 2.45) is 24.6 Å². The predicted octanol–water partition coefficient (Wildman–Crippen LogP) is 10.1. The molecule has 3 amide bonds. The summed E-state index contributed by atoms with van der Waals surface area (Å²) in [5.74, 6) is 5.77. The van der Waals surface area contributed by atoms with Gasteiger partial charge < -0.3 is 39.6 Å². The van der Waals surface area contributed by atoms with Crippen LogP contribution in [0.3, 0.4) is 0 Å². The highest BCUT2D eigenvalue weighted by atomic mass is 16.3. The summed E-state index contributed by atoms with van der Waals surface area (Å²) < 4.78 is 14.6. The number of nitrogens with one attached hydrogen (secondary N) is 1. The van der Waals surface area contributed by atoms with Crippen LogP contribution in [0, 0.1) is 39.5 Å². The first-order valence-corrected chi connectivity index (χ1v) is 36.3. The number of rotatable bonds is 10. The number of aromatic nitrogens is 17. The normalized spacial score (nSPS) is 21.1. The molecule has 11 aromatic heterocycles. The van der Waals surface area contributed by atoms with E-state index in [1.165, 1.54) is 12.8 Å². The molecule has 0 aliphatic carbocycles. The second-order valence-corrected chi connectivity index (χ2v) is 29.0. The van der Waals surface area contributed by atoms with Gasteiger partial charge in [-0.1, -0.05) is 19.1 Å². The standard InChI is InChI=1S/C25H30N8O.C25H29N7O2.C24H29N9O/c1-16-9-12-30(14-16)23-17(2)15-33-22(26-23)13-20(29-33)21-8-4-5-10-32(21)25(34)19-7-6-11-31-18(3)27-28-24(19)31;1-16-8-10-30(14-16)24-17(2)15-32-23(26-24)13-18(29-32)21-6-3-4-9-31(21)25(33)20-12-19(27-28-20)22-7-5-11-34-22;1-15-13-33-22(26-23(15)31-10-8-17(25)14-31)12-19(28-33)21-5-3-4-9-32(21)24(34)16-6-7-20-18(11-16)27-29-30(20)2/h6-7,11,13,15-16,21H,4-5,8-10,12,14H2,1-3H3;5,7,11-13,15-16,21H,3-4,6,8-10,14H2,1-2H3,(H,27,28);6-7,11-13,17,21H,3-5,8-10,14,25H2,1-2H3/t2*16-,21-;17-,21-/m000/s1. The molecule has 0 bridgehead atoms. The number of pyridine rings is 1. The van der Waals surface area contributed by atoms with Crippen LogP contribution in [0.15, 0.2) is 102 Å². The first-order valence-electron chi connectivity index (χ1n) is 36.3. The number of nitrogens with zero attached hydrogens (tertiary/aromatic N) is 22. The smallest absolute Gasteiger partial charge is 0.274 e. The average molecular weight is 1380 g/mol. The van der Waals surface area contributed by atoms with E-state index in [9.17, 15) is 14.4 Å². The van der Waals surface area contributed by atoms with Crippen LogP contribution in [-0.4, -0.2) is 181 Å². The van der Waals surface area contributed by atoms with Crippen LogP contribution < -0.4 is 20.4 Å². The van der Waals surface area contributed by atoms with Crippen molar-refractivity contribution in [3.05, 3.63) is 154 Å². The van der Waals surface area contributed by atoms with Crippen LogP contribution in [0.5, 0.6) is 0 Å². The number of anilines is 3. The number of aromatic amines is 1. The van der Waals surface area contributed by atoms with E-state index in [1.807, 2.05) is 114 Å². The Balaban J connectivity index is 0.000000118. The molecule has 17 heterocycles. The third kappa shape index (κ3) is 12.7. The number of aryl methyl sites for hydroxylation is 5. The highest BCUT2D eigenvalue weighted by molar-refractivity contribution is 6.00. The number of benzene rings is 1. The fourth-order valence-electron chi connectivity index (χ4n) is 16.0. The van der Waals surface area contributed by atoms with E-state index in [-0.39, 0.29) is 41.9 Å². The zero-order chi connectivity index (χ0) is 70.0. The molecule has 0 spiro atoms. The Kier molecular flexibility index (Phi) is 17.7. The highest BCUT2D eigenvalue weighted by Crippen LogP contribution is 2.38. The molecule has 28 heteroatoms. The maximum absolute atomic E-state index is 13.7. The van der Waals surface area contributed by atoms with Crippen LogP contribution >= 0.6 is 0 Å². The van der Waals surface area contributed by atoms with Crippen molar-refractivity contribution in [2.45, 2.75) is 143 Å². The Bertz CT molecular complexity index is 5100. The number of hydrogen-bond acceptors (Lipinski definition) is 19. The van der Waals surface area contributed by atoms with E-state index in [0.717, 1.165) is 189 Å². The van der Waals surface area contributed by atoms with Crippen molar-refractivity contribution < 1.29 is 18.8 Å². The van der Waals surface area contributed by atoms with Crippen molar-refractivity contribution in [3.8, 4) is 11.5 Å². The predicted molar refractivity (Wildman–Crippen MR) is 385 cm³/mol. The minimum absolute atomic E-state index is 0.00481. The van der Waals surface area contributed by atoms with Gasteiger partial charge in [-0.25, -0.2) is 33.2 Å². The number of furan rings is 1. The lowest BCUT2D eigenvalue weighted by atomic mass is 9.98. The van der Waals surface area contributed by atoms with Crippen LogP contribution in [0.2, 0.25) is 0 Å². The Labute approximate surface area is 589 Å². The van der Waals surface area contributed by atoms with Gasteiger partial charge in [0.2, 0.25) is 0 Å². The molecule has 6 saturated heterocycles. The molecule has 28 nitrogen and oxygen atoms in total. The summed E-state index contributed by atoms with van der Waals surface area (Å²) in [6.07, 6.45) is 21.8. The minimum Gasteiger partial charge on any atom is -0.463 e. The molecule has 6 aliphatic rings. The largest absolute Gasteiger partial charge is 0.463 e. The molecule has 12 aromatic rings. The first-order chi connectivity index (χ1) is 49.5. The van der Waals surface area contributed by atoms with Gasteiger partial charge in [-0.3, -0.25) is 23.9 Å². The molecule has 528 valence electrons. The molecule has 0 unspecified atom stereocenters. The summed E-state index contributed by atoms with van der Waals surface area (Å²) in [4.78, 5) is 68.4. The van der Waals surface area contributed by atoms with Crippen molar-refractivity contribution >= 4 is 68.8 Å². The number of carbonyl (C=O) groups is 3. The van der Waals surface area contributed by atoms with Crippen molar-refractivity contribution in [1.29, 1.82) is 0 Å². The lowest BCUT2D eigenvalue weighted by Gasteiger charge is -2.34. The molecular weight excluding hydrogens is 1290 g/mol. The van der Waals surface area contributed by atoms with Gasteiger partial charge in [0.15, 0.2) is 34.0 Å². The van der Waals surface area contributed by atoms with Crippen LogP contribution in [-0.2, 0) is 7.05 Å². The molecule has 18 rings (SSSR count). The summed E-state index contributed by atoms with van der Waals surface area (Å²) in [6, 6.07) is 20.8. The second kappa shape index (κ2) is 27.4. The summed E-state index contributed by atoms with van der Waals surface area (Å²) in [5, 5.41) is 38.4. The van der Waals surface area contributed by atoms with Gasteiger partial charge in [0.05, 0.1) is 52.6 Å².